The molecule has 0 atom stereocenters. The first-order valence-corrected chi connectivity index (χ1v) is 9.04. The van der Waals surface area contributed by atoms with Crippen molar-refractivity contribution < 1.29 is 14.4 Å². The maximum absolute atomic E-state index is 12.8. The fraction of sp³-hybridized carbons (Fsp3) is 0.350. The van der Waals surface area contributed by atoms with Gasteiger partial charge in [-0.05, 0) is 18.9 Å². The summed E-state index contributed by atoms with van der Waals surface area (Å²) in [6.07, 6.45) is 2.03. The van der Waals surface area contributed by atoms with Crippen molar-refractivity contribution >= 4 is 23.7 Å². The third kappa shape index (κ3) is 4.16. The van der Waals surface area contributed by atoms with E-state index in [1.54, 1.807) is 11.8 Å². The second-order valence-electron chi connectivity index (χ2n) is 6.90. The first kappa shape index (κ1) is 19.5. The van der Waals surface area contributed by atoms with Crippen LogP contribution in [-0.4, -0.2) is 71.2 Å². The summed E-state index contributed by atoms with van der Waals surface area (Å²) in [4.78, 5) is 50.4. The van der Waals surface area contributed by atoms with Crippen LogP contribution in [0.15, 0.2) is 36.5 Å². The number of imide groups is 1. The van der Waals surface area contributed by atoms with E-state index in [1.807, 2.05) is 44.4 Å². The molecule has 0 N–H and O–H groups in total. The Hall–Kier alpha value is -3.29. The van der Waals surface area contributed by atoms with Crippen molar-refractivity contribution in [2.45, 2.75) is 13.3 Å². The molecule has 2 aromatic rings. The Morgan fingerprint density at radius 1 is 1.11 bits per heavy atom. The van der Waals surface area contributed by atoms with Crippen molar-refractivity contribution in [3.63, 3.8) is 0 Å². The van der Waals surface area contributed by atoms with E-state index in [0.29, 0.717) is 30.2 Å². The molecule has 1 aliphatic rings. The molecular weight excluding hydrogens is 358 g/mol. The lowest BCUT2D eigenvalue weighted by Crippen LogP contribution is -2.56. The van der Waals surface area contributed by atoms with Crippen LogP contribution in [0.25, 0.3) is 0 Å². The van der Waals surface area contributed by atoms with Crippen LogP contribution in [0.1, 0.15) is 21.6 Å². The van der Waals surface area contributed by atoms with Crippen LogP contribution in [0, 0.1) is 6.92 Å². The van der Waals surface area contributed by atoms with Gasteiger partial charge in [0.2, 0.25) is 17.8 Å². The van der Waals surface area contributed by atoms with Crippen molar-refractivity contribution in [2.24, 2.45) is 0 Å². The predicted molar refractivity (Wildman–Crippen MR) is 104 cm³/mol. The normalized spacial score (nSPS) is 14.4. The van der Waals surface area contributed by atoms with Gasteiger partial charge in [-0.25, -0.2) is 9.97 Å². The summed E-state index contributed by atoms with van der Waals surface area (Å²) in [5.74, 6) is -0.660. The van der Waals surface area contributed by atoms with Gasteiger partial charge in [0.1, 0.15) is 13.1 Å². The van der Waals surface area contributed by atoms with E-state index in [-0.39, 0.29) is 24.9 Å². The van der Waals surface area contributed by atoms with E-state index in [4.69, 9.17) is 0 Å². The number of carbonyl (C=O) groups excluding carboxylic acids is 3. The zero-order valence-corrected chi connectivity index (χ0v) is 16.3. The Kier molecular flexibility index (Phi) is 5.67. The number of anilines is 1. The summed E-state index contributed by atoms with van der Waals surface area (Å²) in [7, 11) is 3.62. The third-order valence-corrected chi connectivity index (χ3v) is 4.61. The monoisotopic (exact) mass is 381 g/mol. The highest BCUT2D eigenvalue weighted by atomic mass is 16.2. The molecule has 1 aromatic carbocycles. The second kappa shape index (κ2) is 8.16. The van der Waals surface area contributed by atoms with Gasteiger partial charge >= 0.3 is 0 Å². The minimum Gasteiger partial charge on any atom is -0.347 e. The number of rotatable bonds is 5. The summed E-state index contributed by atoms with van der Waals surface area (Å²) in [5.41, 5.74) is 1.86. The SMILES string of the molecule is Cc1nc(N(C)C)ncc1C(=O)N1CC(=O)N(CCc2ccccc2)C(=O)C1. The molecule has 1 fully saturated rings. The lowest BCUT2D eigenvalue weighted by Gasteiger charge is -2.32. The molecule has 2 heterocycles. The summed E-state index contributed by atoms with van der Waals surface area (Å²) in [5, 5.41) is 0. The molecule has 1 aliphatic heterocycles. The van der Waals surface area contributed by atoms with E-state index in [0.717, 1.165) is 5.56 Å². The van der Waals surface area contributed by atoms with Gasteiger partial charge in [0, 0.05) is 26.8 Å². The standard InChI is InChI=1S/C20H23N5O3/c1-14-16(11-21-20(22-14)23(2)3)19(28)24-12-17(26)25(18(27)13-24)10-9-15-7-5-4-6-8-15/h4-8,11H,9-10,12-13H2,1-3H3. The second-order valence-corrected chi connectivity index (χ2v) is 6.90. The van der Waals surface area contributed by atoms with E-state index >= 15 is 0 Å². The fourth-order valence-electron chi connectivity index (χ4n) is 3.02. The Bertz CT molecular complexity index is 880. The fourth-order valence-corrected chi connectivity index (χ4v) is 3.02. The summed E-state index contributed by atoms with van der Waals surface area (Å²) in [6, 6.07) is 9.66. The molecule has 0 bridgehead atoms. The number of nitrogens with zero attached hydrogens (tertiary/aromatic N) is 5. The maximum Gasteiger partial charge on any atom is 0.258 e. The van der Waals surface area contributed by atoms with Crippen LogP contribution < -0.4 is 4.90 Å². The molecule has 0 aliphatic carbocycles. The molecule has 8 heteroatoms. The quantitative estimate of drug-likeness (QED) is 0.716. The Morgan fingerprint density at radius 3 is 2.32 bits per heavy atom. The van der Waals surface area contributed by atoms with Crippen molar-refractivity contribution in [2.75, 3.05) is 38.6 Å². The number of amides is 3. The summed E-state index contributed by atoms with van der Waals surface area (Å²) in [6.45, 7) is 1.76. The van der Waals surface area contributed by atoms with E-state index < -0.39 is 5.91 Å². The Labute approximate surface area is 163 Å². The molecule has 28 heavy (non-hydrogen) atoms. The lowest BCUT2D eigenvalue weighted by atomic mass is 10.1. The minimum atomic E-state index is -0.410. The zero-order valence-electron chi connectivity index (χ0n) is 16.3. The van der Waals surface area contributed by atoms with Crippen LogP contribution in [0.2, 0.25) is 0 Å². The average Bonchev–Trinajstić information content (AvgIpc) is 2.67. The first-order valence-electron chi connectivity index (χ1n) is 9.04. The van der Waals surface area contributed by atoms with Gasteiger partial charge in [-0.15, -0.1) is 0 Å². The van der Waals surface area contributed by atoms with Gasteiger partial charge in [-0.1, -0.05) is 30.3 Å². The topological polar surface area (TPSA) is 86.7 Å². The number of aromatic nitrogens is 2. The molecule has 3 rings (SSSR count). The number of aryl methyl sites for hydroxylation is 1. The molecule has 1 saturated heterocycles. The highest BCUT2D eigenvalue weighted by Crippen LogP contribution is 2.15. The largest absolute Gasteiger partial charge is 0.347 e. The molecule has 8 nitrogen and oxygen atoms in total. The van der Waals surface area contributed by atoms with Crippen LogP contribution >= 0.6 is 0 Å². The number of piperazine rings is 1. The van der Waals surface area contributed by atoms with Crippen LogP contribution in [0.3, 0.4) is 0 Å². The van der Waals surface area contributed by atoms with Crippen LogP contribution in [0.5, 0.6) is 0 Å². The van der Waals surface area contributed by atoms with E-state index in [1.165, 1.54) is 16.0 Å². The molecule has 146 valence electrons. The number of benzene rings is 1. The van der Waals surface area contributed by atoms with Crippen LogP contribution in [0.4, 0.5) is 5.95 Å². The number of carbonyl (C=O) groups is 3. The molecule has 0 unspecified atom stereocenters. The van der Waals surface area contributed by atoms with Crippen molar-refractivity contribution in [1.82, 2.24) is 19.8 Å². The molecular formula is C20H23N5O3. The first-order chi connectivity index (χ1) is 13.4. The smallest absolute Gasteiger partial charge is 0.258 e. The number of hydrogen-bond donors (Lipinski definition) is 0. The minimum absolute atomic E-state index is 0.131. The lowest BCUT2D eigenvalue weighted by molar-refractivity contribution is -0.150. The number of hydrogen-bond acceptors (Lipinski definition) is 6. The molecule has 0 spiro atoms. The van der Waals surface area contributed by atoms with Crippen molar-refractivity contribution in [1.29, 1.82) is 0 Å². The summed E-state index contributed by atoms with van der Waals surface area (Å²) < 4.78 is 0. The van der Waals surface area contributed by atoms with Gasteiger partial charge in [-0.2, -0.15) is 0 Å². The zero-order chi connectivity index (χ0) is 20.3. The summed E-state index contributed by atoms with van der Waals surface area (Å²) >= 11 is 0. The molecule has 3 amide bonds. The predicted octanol–water partition coefficient (Wildman–Crippen LogP) is 0.905. The van der Waals surface area contributed by atoms with Gasteiger partial charge in [0.25, 0.3) is 5.91 Å². The van der Waals surface area contributed by atoms with E-state index in [2.05, 4.69) is 9.97 Å². The molecule has 0 radical (unpaired) electrons. The molecule has 1 aromatic heterocycles. The third-order valence-electron chi connectivity index (χ3n) is 4.61. The van der Waals surface area contributed by atoms with Gasteiger partial charge in [0.05, 0.1) is 11.3 Å². The van der Waals surface area contributed by atoms with Gasteiger partial charge < -0.3 is 9.80 Å². The highest BCUT2D eigenvalue weighted by Gasteiger charge is 2.34. The Morgan fingerprint density at radius 2 is 1.75 bits per heavy atom. The molecule has 0 saturated carbocycles. The van der Waals surface area contributed by atoms with E-state index in [9.17, 15) is 14.4 Å². The van der Waals surface area contributed by atoms with Gasteiger partial charge in [0.15, 0.2) is 0 Å². The van der Waals surface area contributed by atoms with Crippen molar-refractivity contribution in [3.8, 4) is 0 Å². The maximum atomic E-state index is 12.8. The van der Waals surface area contributed by atoms with Crippen molar-refractivity contribution in [3.05, 3.63) is 53.3 Å². The Balaban J connectivity index is 1.67. The average molecular weight is 381 g/mol. The van der Waals surface area contributed by atoms with Gasteiger partial charge in [-0.3, -0.25) is 19.3 Å². The highest BCUT2D eigenvalue weighted by molar-refractivity contribution is 6.06. The van der Waals surface area contributed by atoms with Crippen LogP contribution in [-0.2, 0) is 16.0 Å².